The number of hydrogen-bond acceptors (Lipinski definition) is 3. The van der Waals surface area contributed by atoms with Crippen molar-refractivity contribution in [2.45, 2.75) is 69.3 Å². The van der Waals surface area contributed by atoms with Crippen molar-refractivity contribution >= 4 is 11.8 Å². The van der Waals surface area contributed by atoms with Crippen LogP contribution in [0.3, 0.4) is 0 Å². The van der Waals surface area contributed by atoms with Crippen molar-refractivity contribution in [3.8, 4) is 0 Å². The van der Waals surface area contributed by atoms with Gasteiger partial charge in [-0.1, -0.05) is 26.2 Å². The average Bonchev–Trinajstić information content (AvgIpc) is 2.38. The van der Waals surface area contributed by atoms with Gasteiger partial charge in [0.05, 0.1) is 12.7 Å². The zero-order chi connectivity index (χ0) is 11.9. The molecule has 1 aliphatic heterocycles. The number of hydrogen-bond donors (Lipinski definition) is 1. The molecular formula is C14H27NOS. The van der Waals surface area contributed by atoms with Gasteiger partial charge in [0.2, 0.25) is 0 Å². The lowest BCUT2D eigenvalue weighted by atomic mass is 9.98. The molecule has 2 rings (SSSR count). The molecule has 0 radical (unpaired) electrons. The zero-order valence-electron chi connectivity index (χ0n) is 11.1. The summed E-state index contributed by atoms with van der Waals surface area (Å²) in [7, 11) is 0. The molecule has 17 heavy (non-hydrogen) atoms. The van der Waals surface area contributed by atoms with Gasteiger partial charge in [0.25, 0.3) is 0 Å². The highest BCUT2D eigenvalue weighted by atomic mass is 32.2. The first-order chi connectivity index (χ1) is 8.36. The molecule has 3 heteroatoms. The molecule has 2 unspecified atom stereocenters. The minimum atomic E-state index is 0.559. The first kappa shape index (κ1) is 13.7. The summed E-state index contributed by atoms with van der Waals surface area (Å²) in [5.74, 6) is 1.35. The fourth-order valence-corrected chi connectivity index (χ4v) is 4.06. The number of rotatable bonds is 5. The van der Waals surface area contributed by atoms with Crippen LogP contribution in [0, 0.1) is 0 Å². The summed E-state index contributed by atoms with van der Waals surface area (Å²) in [5.41, 5.74) is 0. The Morgan fingerprint density at radius 3 is 2.71 bits per heavy atom. The van der Waals surface area contributed by atoms with E-state index in [1.807, 2.05) is 0 Å². The standard InChI is InChI=1S/C14H27NOS/c1-12-14(8-5-11-17-12)15-9-10-16-13-6-3-2-4-7-13/h12-15H,2-11H2,1H3. The third kappa shape index (κ3) is 4.80. The Labute approximate surface area is 110 Å². The van der Waals surface area contributed by atoms with E-state index < -0.39 is 0 Å². The smallest absolute Gasteiger partial charge is 0.0594 e. The first-order valence-corrected chi connectivity index (χ1v) is 8.38. The van der Waals surface area contributed by atoms with Crippen LogP contribution in [0.5, 0.6) is 0 Å². The maximum absolute atomic E-state index is 5.94. The summed E-state index contributed by atoms with van der Waals surface area (Å²) in [5, 5.41) is 4.44. The van der Waals surface area contributed by atoms with Gasteiger partial charge in [-0.25, -0.2) is 0 Å². The monoisotopic (exact) mass is 257 g/mol. The largest absolute Gasteiger partial charge is 0.377 e. The van der Waals surface area contributed by atoms with E-state index in [-0.39, 0.29) is 0 Å². The van der Waals surface area contributed by atoms with Crippen LogP contribution in [0.25, 0.3) is 0 Å². The fourth-order valence-electron chi connectivity index (χ4n) is 2.89. The van der Waals surface area contributed by atoms with Gasteiger partial charge in [-0.3, -0.25) is 0 Å². The van der Waals surface area contributed by atoms with E-state index in [2.05, 4.69) is 24.0 Å². The highest BCUT2D eigenvalue weighted by molar-refractivity contribution is 7.99. The van der Waals surface area contributed by atoms with E-state index in [4.69, 9.17) is 4.74 Å². The summed E-state index contributed by atoms with van der Waals surface area (Å²) < 4.78 is 5.94. The van der Waals surface area contributed by atoms with Crippen LogP contribution < -0.4 is 5.32 Å². The molecule has 0 aromatic carbocycles. The summed E-state index contributed by atoms with van der Waals surface area (Å²) >= 11 is 2.11. The van der Waals surface area contributed by atoms with E-state index in [0.29, 0.717) is 12.1 Å². The van der Waals surface area contributed by atoms with Crippen molar-refractivity contribution in [1.82, 2.24) is 5.32 Å². The van der Waals surface area contributed by atoms with Gasteiger partial charge in [-0.05, 0) is 31.4 Å². The van der Waals surface area contributed by atoms with E-state index in [9.17, 15) is 0 Å². The summed E-state index contributed by atoms with van der Waals surface area (Å²) in [4.78, 5) is 0. The summed E-state index contributed by atoms with van der Waals surface area (Å²) in [6.07, 6.45) is 10.0. The Hall–Kier alpha value is 0.270. The Morgan fingerprint density at radius 2 is 1.94 bits per heavy atom. The fraction of sp³-hybridized carbons (Fsp3) is 1.00. The molecule has 1 saturated heterocycles. The third-order valence-corrected chi connectivity index (χ3v) is 5.40. The van der Waals surface area contributed by atoms with Crippen LogP contribution in [0.15, 0.2) is 0 Å². The average molecular weight is 257 g/mol. The molecule has 0 amide bonds. The lowest BCUT2D eigenvalue weighted by molar-refractivity contribution is 0.0292. The van der Waals surface area contributed by atoms with Crippen LogP contribution in [0.1, 0.15) is 51.9 Å². The Balaban J connectivity index is 1.53. The van der Waals surface area contributed by atoms with Crippen LogP contribution in [0.4, 0.5) is 0 Å². The van der Waals surface area contributed by atoms with Gasteiger partial charge in [0.15, 0.2) is 0 Å². The van der Waals surface area contributed by atoms with Crippen molar-refractivity contribution in [3.05, 3.63) is 0 Å². The molecule has 0 aromatic rings. The molecule has 0 spiro atoms. The first-order valence-electron chi connectivity index (χ1n) is 7.33. The molecule has 2 atom stereocenters. The van der Waals surface area contributed by atoms with E-state index >= 15 is 0 Å². The maximum Gasteiger partial charge on any atom is 0.0594 e. The van der Waals surface area contributed by atoms with Gasteiger partial charge in [0.1, 0.15) is 0 Å². The highest BCUT2D eigenvalue weighted by Crippen LogP contribution is 2.25. The molecular weight excluding hydrogens is 230 g/mol. The second kappa shape index (κ2) is 7.65. The number of nitrogens with one attached hydrogen (secondary N) is 1. The van der Waals surface area contributed by atoms with Gasteiger partial charge in [0, 0.05) is 17.8 Å². The minimum absolute atomic E-state index is 0.559. The van der Waals surface area contributed by atoms with Crippen molar-refractivity contribution < 1.29 is 4.74 Å². The van der Waals surface area contributed by atoms with E-state index in [0.717, 1.165) is 18.4 Å². The maximum atomic E-state index is 5.94. The third-order valence-electron chi connectivity index (χ3n) is 4.02. The van der Waals surface area contributed by atoms with Crippen LogP contribution in [0.2, 0.25) is 0 Å². The topological polar surface area (TPSA) is 21.3 Å². The Morgan fingerprint density at radius 1 is 1.12 bits per heavy atom. The lowest BCUT2D eigenvalue weighted by Gasteiger charge is -2.29. The number of ether oxygens (including phenoxy) is 1. The molecule has 0 bridgehead atoms. The molecule has 2 aliphatic rings. The summed E-state index contributed by atoms with van der Waals surface area (Å²) in [6, 6.07) is 0.712. The SMILES string of the molecule is CC1SCCCC1NCCOC1CCCCC1. The molecule has 2 fully saturated rings. The van der Waals surface area contributed by atoms with Gasteiger partial charge in [-0.2, -0.15) is 11.8 Å². The van der Waals surface area contributed by atoms with Crippen LogP contribution in [-0.2, 0) is 4.74 Å². The predicted octanol–water partition coefficient (Wildman–Crippen LogP) is 3.21. The molecule has 1 N–H and O–H groups in total. The van der Waals surface area contributed by atoms with Crippen molar-refractivity contribution in [2.75, 3.05) is 18.9 Å². The molecule has 100 valence electrons. The molecule has 0 aromatic heterocycles. The zero-order valence-corrected chi connectivity index (χ0v) is 11.9. The second-order valence-corrected chi connectivity index (χ2v) is 6.89. The quantitative estimate of drug-likeness (QED) is 0.764. The summed E-state index contributed by atoms with van der Waals surface area (Å²) in [6.45, 7) is 4.29. The molecule has 2 nitrogen and oxygen atoms in total. The number of thioether (sulfide) groups is 1. The van der Waals surface area contributed by atoms with Crippen LogP contribution >= 0.6 is 11.8 Å². The normalized spacial score (nSPS) is 31.6. The lowest BCUT2D eigenvalue weighted by Crippen LogP contribution is -2.41. The predicted molar refractivity (Wildman–Crippen MR) is 75.8 cm³/mol. The van der Waals surface area contributed by atoms with Crippen molar-refractivity contribution in [2.24, 2.45) is 0 Å². The van der Waals surface area contributed by atoms with Crippen molar-refractivity contribution in [3.63, 3.8) is 0 Å². The van der Waals surface area contributed by atoms with Crippen LogP contribution in [-0.4, -0.2) is 36.3 Å². The van der Waals surface area contributed by atoms with E-state index in [1.54, 1.807) is 0 Å². The second-order valence-electron chi connectivity index (χ2n) is 5.41. The molecule has 1 heterocycles. The minimum Gasteiger partial charge on any atom is -0.377 e. The Bertz CT molecular complexity index is 206. The van der Waals surface area contributed by atoms with Gasteiger partial charge < -0.3 is 10.1 Å². The van der Waals surface area contributed by atoms with Gasteiger partial charge in [-0.15, -0.1) is 0 Å². The van der Waals surface area contributed by atoms with E-state index in [1.165, 1.54) is 50.7 Å². The molecule has 1 saturated carbocycles. The highest BCUT2D eigenvalue weighted by Gasteiger charge is 2.21. The van der Waals surface area contributed by atoms with Crippen molar-refractivity contribution in [1.29, 1.82) is 0 Å². The molecule has 1 aliphatic carbocycles. The van der Waals surface area contributed by atoms with Gasteiger partial charge >= 0.3 is 0 Å². The Kier molecular flexibility index (Phi) is 6.16.